The van der Waals surface area contributed by atoms with Crippen LogP contribution in [0.25, 0.3) is 22.5 Å². The van der Waals surface area contributed by atoms with E-state index < -0.39 is 50.9 Å². The minimum absolute atomic E-state index is 0.0700. The molecule has 2 N–H and O–H groups in total. The van der Waals surface area contributed by atoms with Gasteiger partial charge in [0.25, 0.3) is 11.4 Å². The molecule has 0 atom stereocenters. The van der Waals surface area contributed by atoms with Crippen LogP contribution in [0.2, 0.25) is 10.0 Å². The van der Waals surface area contributed by atoms with Crippen LogP contribution in [0, 0.1) is 47.9 Å². The van der Waals surface area contributed by atoms with Gasteiger partial charge in [-0.25, -0.2) is 18.4 Å². The number of nitrogens with one attached hydrogen (secondary N) is 2. The number of nitro groups is 2. The molecule has 12 nitrogen and oxygen atoms in total. The lowest BCUT2D eigenvalue weighted by Gasteiger charge is -2.19. The maximum absolute atomic E-state index is 14.3. The molecule has 2 aromatic carbocycles. The minimum Gasteiger partial charge on any atom is -0.344 e. The topological polar surface area (TPSA) is 178 Å². The van der Waals surface area contributed by atoms with Gasteiger partial charge in [0, 0.05) is 0 Å². The highest BCUT2D eigenvalue weighted by molar-refractivity contribution is 7.92. The first-order valence-corrected chi connectivity index (χ1v) is 12.7. The summed E-state index contributed by atoms with van der Waals surface area (Å²) in [6.07, 6.45) is 5.14. The molecule has 0 aliphatic rings. The summed E-state index contributed by atoms with van der Waals surface area (Å²) >= 11 is 12.9. The van der Waals surface area contributed by atoms with Crippen LogP contribution in [0.4, 0.5) is 11.4 Å². The number of hydrogen-bond acceptors (Lipinski definition) is 8. The van der Waals surface area contributed by atoms with E-state index >= 15 is 0 Å². The molecule has 0 aliphatic carbocycles. The van der Waals surface area contributed by atoms with Gasteiger partial charge in [-0.05, 0) is 49.9 Å². The van der Waals surface area contributed by atoms with Gasteiger partial charge in [-0.15, -0.1) is 0 Å². The number of H-pyrrole nitrogens is 2. The molecule has 0 amide bonds. The zero-order valence-electron chi connectivity index (χ0n) is 19.7. The van der Waals surface area contributed by atoms with Gasteiger partial charge in [0.15, 0.2) is 9.79 Å². The van der Waals surface area contributed by atoms with Gasteiger partial charge in [0.05, 0.1) is 67.5 Å². The number of aromatic nitrogens is 4. The summed E-state index contributed by atoms with van der Waals surface area (Å²) in [4.78, 5) is 34.4. The molecule has 0 saturated heterocycles. The van der Waals surface area contributed by atoms with Crippen molar-refractivity contribution in [2.24, 2.45) is 0 Å². The largest absolute Gasteiger partial charge is 0.344 e. The zero-order chi connectivity index (χ0) is 27.4. The van der Waals surface area contributed by atoms with Gasteiger partial charge in [-0.3, -0.25) is 20.2 Å². The number of rotatable bonds is 6. The van der Waals surface area contributed by atoms with Crippen LogP contribution in [0.1, 0.15) is 22.3 Å². The van der Waals surface area contributed by atoms with Gasteiger partial charge in [0.2, 0.25) is 9.84 Å². The molecule has 15 heteroatoms. The molecule has 37 heavy (non-hydrogen) atoms. The van der Waals surface area contributed by atoms with Gasteiger partial charge in [0.1, 0.15) is 0 Å². The van der Waals surface area contributed by atoms with E-state index in [0.717, 1.165) is 0 Å². The second kappa shape index (κ2) is 9.25. The van der Waals surface area contributed by atoms with Crippen molar-refractivity contribution in [3.8, 4) is 22.5 Å². The van der Waals surface area contributed by atoms with Crippen molar-refractivity contribution < 1.29 is 18.3 Å². The van der Waals surface area contributed by atoms with Gasteiger partial charge >= 0.3 is 0 Å². The molecule has 0 radical (unpaired) electrons. The Kier molecular flexibility index (Phi) is 6.56. The number of benzene rings is 2. The first kappa shape index (κ1) is 26.3. The lowest BCUT2D eigenvalue weighted by atomic mass is 9.98. The minimum atomic E-state index is -5.07. The average molecular weight is 565 g/mol. The van der Waals surface area contributed by atoms with Gasteiger partial charge in [-0.1, -0.05) is 23.2 Å². The van der Waals surface area contributed by atoms with E-state index in [0.29, 0.717) is 11.1 Å². The molecule has 192 valence electrons. The Balaban J connectivity index is 2.25. The molecule has 0 saturated carbocycles. The zero-order valence-corrected chi connectivity index (χ0v) is 22.0. The Hall–Kier alpha value is -3.81. The summed E-state index contributed by atoms with van der Waals surface area (Å²) in [5.74, 6) is 0. The van der Waals surface area contributed by atoms with E-state index in [2.05, 4.69) is 19.9 Å². The molecule has 0 unspecified atom stereocenters. The van der Waals surface area contributed by atoms with Crippen molar-refractivity contribution in [1.29, 1.82) is 0 Å². The lowest BCUT2D eigenvalue weighted by molar-refractivity contribution is -0.387. The van der Waals surface area contributed by atoms with Gasteiger partial charge in [-0.2, -0.15) is 0 Å². The molecule has 4 rings (SSSR count). The number of nitro benzene ring substituents is 2. The summed E-state index contributed by atoms with van der Waals surface area (Å²) in [6.45, 7) is 6.07. The highest BCUT2D eigenvalue weighted by Crippen LogP contribution is 2.51. The van der Waals surface area contributed by atoms with Crippen LogP contribution in [0.3, 0.4) is 0 Å². The van der Waals surface area contributed by atoms with Crippen molar-refractivity contribution in [3.63, 3.8) is 0 Å². The Bertz CT molecular complexity index is 1580. The lowest BCUT2D eigenvalue weighted by Crippen LogP contribution is -2.14. The quantitative estimate of drug-likeness (QED) is 0.222. The molecular weight excluding hydrogens is 547 g/mol. The third-order valence-corrected chi connectivity index (χ3v) is 9.31. The smallest absolute Gasteiger partial charge is 0.299 e. The summed E-state index contributed by atoms with van der Waals surface area (Å²) in [5, 5.41) is 23.9. The molecule has 4 aromatic rings. The summed E-state index contributed by atoms with van der Waals surface area (Å²) in [5.41, 5.74) is -0.401. The van der Waals surface area contributed by atoms with E-state index in [1.807, 2.05) is 0 Å². The Morgan fingerprint density at radius 2 is 1.08 bits per heavy atom. The van der Waals surface area contributed by atoms with Crippen molar-refractivity contribution in [3.05, 3.63) is 77.6 Å². The van der Waals surface area contributed by atoms with Crippen LogP contribution < -0.4 is 0 Å². The molecule has 2 heterocycles. The monoisotopic (exact) mass is 564 g/mol. The normalized spacial score (nSPS) is 11.6. The van der Waals surface area contributed by atoms with Crippen molar-refractivity contribution in [2.75, 3.05) is 0 Å². The summed E-state index contributed by atoms with van der Waals surface area (Å²) in [6, 6.07) is 0. The molecule has 0 spiro atoms. The number of hydrogen-bond donors (Lipinski definition) is 2. The average Bonchev–Trinajstić information content (AvgIpc) is 3.54. The standard InChI is InChI=1S/C22H18Cl2N6O6S/c1-9-11(3)17(23)21(19(29(31)32)15(9)13-5-25-7-27-13)37(35,36)22-18(24)12(4)10(2)16(20(22)30(33)34)14-6-26-8-28-14/h5-8H,1-4H3,(H,25,27)(H,26,28). The fourth-order valence-corrected chi connectivity index (χ4v) is 7.14. The van der Waals surface area contributed by atoms with Crippen molar-refractivity contribution >= 4 is 44.4 Å². The van der Waals surface area contributed by atoms with Crippen LogP contribution in [-0.4, -0.2) is 38.2 Å². The summed E-state index contributed by atoms with van der Waals surface area (Å²) < 4.78 is 28.5. The first-order valence-electron chi connectivity index (χ1n) is 10.5. The van der Waals surface area contributed by atoms with Crippen LogP contribution in [0.5, 0.6) is 0 Å². The fraction of sp³-hybridized carbons (Fsp3) is 0.182. The second-order valence-electron chi connectivity index (χ2n) is 8.18. The maximum Gasteiger partial charge on any atom is 0.299 e. The Morgan fingerprint density at radius 1 is 0.730 bits per heavy atom. The van der Waals surface area contributed by atoms with Crippen LogP contribution in [0.15, 0.2) is 34.8 Å². The third kappa shape index (κ3) is 3.95. The van der Waals surface area contributed by atoms with E-state index in [9.17, 15) is 28.6 Å². The van der Waals surface area contributed by atoms with Crippen molar-refractivity contribution in [2.45, 2.75) is 37.5 Å². The fourth-order valence-electron chi connectivity index (χ4n) is 4.22. The van der Waals surface area contributed by atoms with Crippen LogP contribution in [-0.2, 0) is 9.84 Å². The second-order valence-corrected chi connectivity index (χ2v) is 10.8. The van der Waals surface area contributed by atoms with E-state index in [1.54, 1.807) is 13.8 Å². The number of aromatic amines is 2. The van der Waals surface area contributed by atoms with Gasteiger partial charge < -0.3 is 9.97 Å². The number of sulfone groups is 1. The summed E-state index contributed by atoms with van der Waals surface area (Å²) in [7, 11) is -5.07. The Morgan fingerprint density at radius 3 is 1.35 bits per heavy atom. The van der Waals surface area contributed by atoms with Crippen molar-refractivity contribution in [1.82, 2.24) is 19.9 Å². The molecule has 2 aromatic heterocycles. The van der Waals surface area contributed by atoms with E-state index in [4.69, 9.17) is 23.2 Å². The predicted molar refractivity (Wildman–Crippen MR) is 136 cm³/mol. The third-order valence-electron chi connectivity index (χ3n) is 6.27. The first-order chi connectivity index (χ1) is 17.3. The molecule has 0 fully saturated rings. The Labute approximate surface area is 219 Å². The highest BCUT2D eigenvalue weighted by atomic mass is 35.5. The molecule has 0 aliphatic heterocycles. The number of nitrogens with zero attached hydrogens (tertiary/aromatic N) is 4. The van der Waals surface area contributed by atoms with E-state index in [1.165, 1.54) is 38.9 Å². The SMILES string of the molecule is Cc1c(C)c(-c2cnc[nH]2)c([N+](=O)[O-])c(S(=O)(=O)c2c(Cl)c(C)c(C)c(-c3cnc[nH]3)c2[N+](=O)[O-])c1Cl. The maximum atomic E-state index is 14.3. The molecular formula is C22H18Cl2N6O6S. The molecule has 0 bridgehead atoms. The highest BCUT2D eigenvalue weighted by Gasteiger charge is 2.43. The van der Waals surface area contributed by atoms with E-state index in [-0.39, 0.29) is 33.6 Å². The number of imidazole rings is 2. The van der Waals surface area contributed by atoms with Crippen LogP contribution >= 0.6 is 23.2 Å². The number of halogens is 2. The predicted octanol–water partition coefficient (Wildman–Crippen LogP) is 5.66.